The lowest BCUT2D eigenvalue weighted by Crippen LogP contribution is -2.23. The second kappa shape index (κ2) is 4.54. The molecule has 1 aromatic rings. The number of hydrogen-bond donors (Lipinski definition) is 2. The molecule has 88 valence electrons. The number of pyridine rings is 1. The Morgan fingerprint density at radius 2 is 2.29 bits per heavy atom. The molecule has 2 amide bonds. The van der Waals surface area contributed by atoms with Gasteiger partial charge in [0.15, 0.2) is 0 Å². The summed E-state index contributed by atoms with van der Waals surface area (Å²) in [4.78, 5) is 37.2. The predicted molar refractivity (Wildman–Crippen MR) is 58.6 cm³/mol. The van der Waals surface area contributed by atoms with Gasteiger partial charge in [-0.3, -0.25) is 14.9 Å². The van der Waals surface area contributed by atoms with Gasteiger partial charge in [-0.05, 0) is 12.1 Å². The summed E-state index contributed by atoms with van der Waals surface area (Å²) in [6, 6.07) is 2.92. The van der Waals surface area contributed by atoms with Crippen LogP contribution in [0.2, 0.25) is 0 Å². The maximum atomic E-state index is 11.3. The molecule has 1 atom stereocenters. The van der Waals surface area contributed by atoms with Gasteiger partial charge in [-0.2, -0.15) is 0 Å². The molecule has 1 aliphatic rings. The van der Waals surface area contributed by atoms with E-state index in [4.69, 9.17) is 5.11 Å². The fourth-order valence-corrected chi connectivity index (χ4v) is 2.48. The van der Waals surface area contributed by atoms with Crippen molar-refractivity contribution < 1.29 is 19.5 Å². The van der Waals surface area contributed by atoms with Crippen LogP contribution in [0.1, 0.15) is 16.8 Å². The van der Waals surface area contributed by atoms with E-state index < -0.39 is 17.1 Å². The Hall–Kier alpha value is -1.89. The molecule has 0 bridgehead atoms. The molecule has 1 fully saturated rings. The zero-order valence-corrected chi connectivity index (χ0v) is 9.36. The molecule has 1 aromatic heterocycles. The standard InChI is InChI=1S/C10H8N2O4S/c13-7-4-6(8(14)12-7)17-9-5(10(15)16)2-1-3-11-9/h1-3,6H,4H2,(H,15,16)(H,12,13,14)/t6-/m1/s1. The molecule has 0 saturated carbocycles. The number of carbonyl (C=O) groups excluding carboxylic acids is 2. The number of nitrogens with zero attached hydrogens (tertiary/aromatic N) is 1. The number of carboxylic acids is 1. The van der Waals surface area contributed by atoms with Crippen LogP contribution in [0, 0.1) is 0 Å². The molecular formula is C10H8N2O4S. The molecule has 2 N–H and O–H groups in total. The van der Waals surface area contributed by atoms with Crippen molar-refractivity contribution in [2.24, 2.45) is 0 Å². The largest absolute Gasteiger partial charge is 0.478 e. The number of amides is 2. The van der Waals surface area contributed by atoms with E-state index >= 15 is 0 Å². The lowest BCUT2D eigenvalue weighted by atomic mass is 10.3. The number of rotatable bonds is 3. The van der Waals surface area contributed by atoms with Gasteiger partial charge in [0, 0.05) is 12.6 Å². The first kappa shape index (κ1) is 11.6. The summed E-state index contributed by atoms with van der Waals surface area (Å²) in [5.41, 5.74) is 0.0321. The Bertz CT molecular complexity index is 503. The average Bonchev–Trinajstić information content (AvgIpc) is 2.58. The molecule has 2 rings (SSSR count). The van der Waals surface area contributed by atoms with E-state index in [2.05, 4.69) is 10.3 Å². The second-order valence-corrected chi connectivity index (χ2v) is 4.58. The third-order valence-electron chi connectivity index (χ3n) is 2.18. The van der Waals surface area contributed by atoms with Gasteiger partial charge in [0.2, 0.25) is 11.8 Å². The van der Waals surface area contributed by atoms with Gasteiger partial charge in [-0.25, -0.2) is 9.78 Å². The molecule has 2 heterocycles. The second-order valence-electron chi connectivity index (χ2n) is 3.38. The normalized spacial score (nSPS) is 19.2. The Morgan fingerprint density at radius 1 is 1.53 bits per heavy atom. The molecule has 0 spiro atoms. The van der Waals surface area contributed by atoms with E-state index in [1.54, 1.807) is 0 Å². The van der Waals surface area contributed by atoms with Gasteiger partial charge in [0.05, 0.1) is 10.8 Å². The SMILES string of the molecule is O=C1C[C@@H](Sc2ncccc2C(=O)O)C(=O)N1. The van der Waals surface area contributed by atoms with Crippen LogP contribution in [0.4, 0.5) is 0 Å². The van der Waals surface area contributed by atoms with Crippen LogP contribution in [-0.2, 0) is 9.59 Å². The van der Waals surface area contributed by atoms with Gasteiger partial charge in [-0.1, -0.05) is 11.8 Å². The van der Waals surface area contributed by atoms with Gasteiger partial charge in [0.1, 0.15) is 5.03 Å². The van der Waals surface area contributed by atoms with Gasteiger partial charge >= 0.3 is 5.97 Å². The van der Waals surface area contributed by atoms with E-state index in [1.165, 1.54) is 18.3 Å². The molecule has 0 radical (unpaired) electrons. The van der Waals surface area contributed by atoms with Crippen LogP contribution in [0.15, 0.2) is 23.4 Å². The predicted octanol–water partition coefficient (Wildman–Crippen LogP) is 0.287. The molecule has 1 aliphatic heterocycles. The van der Waals surface area contributed by atoms with Crippen LogP contribution in [0.5, 0.6) is 0 Å². The average molecular weight is 252 g/mol. The monoisotopic (exact) mass is 252 g/mol. The fourth-order valence-electron chi connectivity index (χ4n) is 1.41. The Labute approximate surface area is 100 Å². The number of carboxylic acid groups (broad SMARTS) is 1. The van der Waals surface area contributed by atoms with Crippen LogP contribution in [0.25, 0.3) is 0 Å². The molecule has 0 aliphatic carbocycles. The first-order valence-electron chi connectivity index (χ1n) is 4.76. The minimum Gasteiger partial charge on any atom is -0.478 e. The van der Waals surface area contributed by atoms with E-state index in [-0.39, 0.29) is 22.9 Å². The van der Waals surface area contributed by atoms with Crippen molar-refractivity contribution >= 4 is 29.5 Å². The third-order valence-corrected chi connectivity index (χ3v) is 3.40. The van der Waals surface area contributed by atoms with Crippen LogP contribution < -0.4 is 5.32 Å². The summed E-state index contributed by atoms with van der Waals surface area (Å²) >= 11 is 0.993. The summed E-state index contributed by atoms with van der Waals surface area (Å²) in [5.74, 6) is -1.85. The fraction of sp³-hybridized carbons (Fsp3) is 0.200. The quantitative estimate of drug-likeness (QED) is 0.750. The first-order chi connectivity index (χ1) is 8.08. The number of thioether (sulfide) groups is 1. The first-order valence-corrected chi connectivity index (χ1v) is 5.64. The summed E-state index contributed by atoms with van der Waals surface area (Å²) in [6.07, 6.45) is 1.50. The Balaban J connectivity index is 2.22. The van der Waals surface area contributed by atoms with E-state index in [1.807, 2.05) is 0 Å². The number of aromatic carboxylic acids is 1. The van der Waals surface area contributed by atoms with Crippen molar-refractivity contribution in [1.82, 2.24) is 10.3 Å². The van der Waals surface area contributed by atoms with Gasteiger partial charge < -0.3 is 5.11 Å². The molecule has 17 heavy (non-hydrogen) atoms. The number of carbonyl (C=O) groups is 3. The van der Waals surface area contributed by atoms with Crippen molar-refractivity contribution in [3.63, 3.8) is 0 Å². The van der Waals surface area contributed by atoms with Gasteiger partial charge in [0.25, 0.3) is 0 Å². The zero-order chi connectivity index (χ0) is 12.4. The molecule has 0 aromatic carbocycles. The van der Waals surface area contributed by atoms with Crippen LogP contribution in [0.3, 0.4) is 0 Å². The number of nitrogens with one attached hydrogen (secondary N) is 1. The van der Waals surface area contributed by atoms with Crippen molar-refractivity contribution in [2.75, 3.05) is 0 Å². The highest BCUT2D eigenvalue weighted by Crippen LogP contribution is 2.28. The maximum Gasteiger partial charge on any atom is 0.338 e. The maximum absolute atomic E-state index is 11.3. The number of aromatic nitrogens is 1. The van der Waals surface area contributed by atoms with Crippen molar-refractivity contribution in [2.45, 2.75) is 16.7 Å². The van der Waals surface area contributed by atoms with Gasteiger partial charge in [-0.15, -0.1) is 0 Å². The van der Waals surface area contributed by atoms with E-state index in [0.29, 0.717) is 0 Å². The molecule has 7 heteroatoms. The van der Waals surface area contributed by atoms with Crippen LogP contribution in [-0.4, -0.2) is 33.1 Å². The minimum absolute atomic E-state index is 0.0321. The number of imide groups is 1. The molecular weight excluding hydrogens is 244 g/mol. The zero-order valence-electron chi connectivity index (χ0n) is 8.54. The highest BCUT2D eigenvalue weighted by molar-refractivity contribution is 8.00. The minimum atomic E-state index is -1.11. The smallest absolute Gasteiger partial charge is 0.338 e. The van der Waals surface area contributed by atoms with E-state index in [9.17, 15) is 14.4 Å². The summed E-state index contributed by atoms with van der Waals surface area (Å²) in [7, 11) is 0. The van der Waals surface area contributed by atoms with Crippen molar-refractivity contribution in [3.05, 3.63) is 23.9 Å². The number of hydrogen-bond acceptors (Lipinski definition) is 5. The molecule has 1 saturated heterocycles. The summed E-state index contributed by atoms with van der Waals surface area (Å²) in [6.45, 7) is 0. The summed E-state index contributed by atoms with van der Waals surface area (Å²) in [5, 5.41) is 10.7. The van der Waals surface area contributed by atoms with Crippen molar-refractivity contribution in [3.8, 4) is 0 Å². The molecule has 0 unspecified atom stereocenters. The molecule has 6 nitrogen and oxygen atoms in total. The van der Waals surface area contributed by atoms with E-state index in [0.717, 1.165) is 11.8 Å². The van der Waals surface area contributed by atoms with Crippen LogP contribution >= 0.6 is 11.8 Å². The highest BCUT2D eigenvalue weighted by atomic mass is 32.2. The lowest BCUT2D eigenvalue weighted by Gasteiger charge is -2.07. The van der Waals surface area contributed by atoms with Crippen molar-refractivity contribution in [1.29, 1.82) is 0 Å². The summed E-state index contributed by atoms with van der Waals surface area (Å²) < 4.78 is 0. The Kier molecular flexibility index (Phi) is 3.10. The Morgan fingerprint density at radius 3 is 2.88 bits per heavy atom. The third kappa shape index (κ3) is 2.44. The highest BCUT2D eigenvalue weighted by Gasteiger charge is 2.32. The topological polar surface area (TPSA) is 96.4 Å². The lowest BCUT2D eigenvalue weighted by molar-refractivity contribution is -0.124.